The average Bonchev–Trinajstić information content (AvgIpc) is 3.19. The van der Waals surface area contributed by atoms with Crippen molar-refractivity contribution < 1.29 is 28.9 Å². The van der Waals surface area contributed by atoms with E-state index in [2.05, 4.69) is 24.1 Å². The maximum Gasteiger partial charge on any atom is 0.310 e. The number of methoxy groups -OCH3 is 1. The Morgan fingerprint density at radius 1 is 1.18 bits per heavy atom. The van der Waals surface area contributed by atoms with Gasteiger partial charge in [0.05, 0.1) is 24.5 Å². The van der Waals surface area contributed by atoms with Gasteiger partial charge >= 0.3 is 5.97 Å². The van der Waals surface area contributed by atoms with Gasteiger partial charge in [0.25, 0.3) is 0 Å². The van der Waals surface area contributed by atoms with Crippen LogP contribution in [-0.4, -0.2) is 54.0 Å². The van der Waals surface area contributed by atoms with E-state index in [0.717, 1.165) is 36.6 Å². The first-order chi connectivity index (χ1) is 18.7. The Morgan fingerprint density at radius 2 is 1.95 bits per heavy atom. The number of carbonyl (C=O) groups is 1. The summed E-state index contributed by atoms with van der Waals surface area (Å²) in [7, 11) is 3.84. The zero-order chi connectivity index (χ0) is 27.7. The molecule has 39 heavy (non-hydrogen) atoms. The van der Waals surface area contributed by atoms with Crippen LogP contribution in [0, 0.1) is 5.82 Å². The van der Waals surface area contributed by atoms with Crippen LogP contribution in [0.5, 0.6) is 11.5 Å². The Hall–Kier alpha value is -3.68. The summed E-state index contributed by atoms with van der Waals surface area (Å²) >= 11 is 0. The highest BCUT2D eigenvalue weighted by atomic mass is 19.1. The summed E-state index contributed by atoms with van der Waals surface area (Å²) in [5.74, 6) is -0.373. The molecule has 2 aliphatic heterocycles. The quantitative estimate of drug-likeness (QED) is 0.431. The molecule has 6 rings (SSSR count). The van der Waals surface area contributed by atoms with Crippen LogP contribution in [-0.2, 0) is 16.8 Å². The molecule has 0 saturated carbocycles. The van der Waals surface area contributed by atoms with Crippen LogP contribution in [0.3, 0.4) is 0 Å². The summed E-state index contributed by atoms with van der Waals surface area (Å²) < 4.78 is 25.7. The van der Waals surface area contributed by atoms with Gasteiger partial charge in [-0.3, -0.25) is 4.79 Å². The molecule has 1 spiro atoms. The third-order valence-electron chi connectivity index (χ3n) is 8.10. The van der Waals surface area contributed by atoms with Gasteiger partial charge in [-0.2, -0.15) is 0 Å². The van der Waals surface area contributed by atoms with E-state index >= 15 is 0 Å². The molecule has 0 amide bonds. The Kier molecular flexibility index (Phi) is 7.47. The lowest BCUT2D eigenvalue weighted by Gasteiger charge is -2.35. The number of aliphatic carboxylic acids is 1. The van der Waals surface area contributed by atoms with Gasteiger partial charge in [0.1, 0.15) is 11.9 Å². The minimum absolute atomic E-state index is 0.00838. The molecular formula is C32H34FNO5. The van der Waals surface area contributed by atoms with Gasteiger partial charge in [0.2, 0.25) is 0 Å². The summed E-state index contributed by atoms with van der Waals surface area (Å²) in [4.78, 5) is 13.2. The Morgan fingerprint density at radius 3 is 2.64 bits per heavy atom. The number of hydrogen-bond donors (Lipinski definition) is 2. The number of nitrogens with zero attached hydrogens (tertiary/aromatic N) is 1. The van der Waals surface area contributed by atoms with Gasteiger partial charge in [-0.1, -0.05) is 60.7 Å². The van der Waals surface area contributed by atoms with Crippen molar-refractivity contribution in [3.63, 3.8) is 0 Å². The highest BCUT2D eigenvalue weighted by Gasteiger charge is 2.52. The lowest BCUT2D eigenvalue weighted by atomic mass is 9.69. The zero-order valence-corrected chi connectivity index (χ0v) is 22.4. The average molecular weight is 532 g/mol. The predicted molar refractivity (Wildman–Crippen MR) is 148 cm³/mol. The molecule has 204 valence electrons. The monoisotopic (exact) mass is 531 g/mol. The number of benzene rings is 3. The second kappa shape index (κ2) is 10.8. The molecule has 0 saturated heterocycles. The fourth-order valence-electron chi connectivity index (χ4n) is 5.87. The third-order valence-corrected chi connectivity index (χ3v) is 8.10. The van der Waals surface area contributed by atoms with Gasteiger partial charge in [-0.25, -0.2) is 4.39 Å². The summed E-state index contributed by atoms with van der Waals surface area (Å²) in [5, 5.41) is 18.9. The fourth-order valence-corrected chi connectivity index (χ4v) is 5.87. The largest absolute Gasteiger partial charge is 0.493 e. The summed E-state index contributed by atoms with van der Waals surface area (Å²) in [6.45, 7) is 3.50. The highest BCUT2D eigenvalue weighted by molar-refractivity contribution is 5.76. The van der Waals surface area contributed by atoms with E-state index in [4.69, 9.17) is 14.6 Å². The van der Waals surface area contributed by atoms with E-state index in [0.29, 0.717) is 17.5 Å². The molecular weight excluding hydrogens is 497 g/mol. The first-order valence-corrected chi connectivity index (χ1v) is 13.2. The molecule has 3 aliphatic rings. The molecule has 1 aliphatic carbocycles. The third kappa shape index (κ3) is 5.04. The van der Waals surface area contributed by atoms with Crippen LogP contribution in [0.1, 0.15) is 42.4 Å². The zero-order valence-electron chi connectivity index (χ0n) is 22.4. The lowest BCUT2D eigenvalue weighted by Crippen LogP contribution is -2.42. The number of halogens is 1. The Labute approximate surface area is 228 Å². The molecule has 0 fully saturated rings. The van der Waals surface area contributed by atoms with Crippen LogP contribution in [0.25, 0.3) is 11.1 Å². The van der Waals surface area contributed by atoms with E-state index < -0.39 is 23.8 Å². The first-order valence-electron chi connectivity index (χ1n) is 13.2. The van der Waals surface area contributed by atoms with Gasteiger partial charge in [0.15, 0.2) is 11.5 Å². The molecule has 3 aromatic carbocycles. The predicted octanol–water partition coefficient (Wildman–Crippen LogP) is 5.53. The topological polar surface area (TPSA) is 79.2 Å². The van der Waals surface area contributed by atoms with E-state index in [9.17, 15) is 14.3 Å². The molecule has 6 nitrogen and oxygen atoms in total. The summed E-state index contributed by atoms with van der Waals surface area (Å²) in [6, 6.07) is 17.9. The number of carboxylic acids is 1. The van der Waals surface area contributed by atoms with Crippen LogP contribution in [0.2, 0.25) is 0 Å². The van der Waals surface area contributed by atoms with E-state index in [1.54, 1.807) is 26.2 Å². The van der Waals surface area contributed by atoms with Crippen LogP contribution < -0.4 is 9.47 Å². The minimum atomic E-state index is -0.957. The fraction of sp³-hybridized carbons (Fsp3) is 0.344. The van der Waals surface area contributed by atoms with Gasteiger partial charge in [-0.15, -0.1) is 0 Å². The van der Waals surface area contributed by atoms with Crippen molar-refractivity contribution in [1.29, 1.82) is 0 Å². The molecule has 0 unspecified atom stereocenters. The number of rotatable bonds is 4. The highest BCUT2D eigenvalue weighted by Crippen LogP contribution is 2.55. The molecule has 7 heteroatoms. The van der Waals surface area contributed by atoms with E-state index in [1.807, 2.05) is 42.5 Å². The van der Waals surface area contributed by atoms with Crippen molar-refractivity contribution in [1.82, 2.24) is 4.90 Å². The van der Waals surface area contributed by atoms with Gasteiger partial charge in [-0.05, 0) is 55.8 Å². The normalized spacial score (nSPS) is 23.8. The second-order valence-electron chi connectivity index (χ2n) is 10.6. The van der Waals surface area contributed by atoms with Gasteiger partial charge < -0.3 is 24.6 Å². The van der Waals surface area contributed by atoms with Crippen molar-refractivity contribution in [2.75, 3.05) is 20.7 Å². The number of aliphatic hydroxyl groups excluding tert-OH is 1. The second-order valence-corrected chi connectivity index (χ2v) is 10.6. The molecule has 0 bridgehead atoms. The van der Waals surface area contributed by atoms with Crippen molar-refractivity contribution in [2.45, 2.75) is 49.9 Å². The SMILES string of the molecule is COc1ccc2c3c1O[C@H]1C[C@@H](O)C=C[C@@]31CCN(C)C2.C[C@@H](C(=O)O)c1ccc(-c2ccccc2)c(F)c1. The number of ether oxygens (including phenoxy) is 2. The van der Waals surface area contributed by atoms with Crippen molar-refractivity contribution in [3.8, 4) is 22.6 Å². The lowest BCUT2D eigenvalue weighted by molar-refractivity contribution is -0.138. The summed E-state index contributed by atoms with van der Waals surface area (Å²) in [6.07, 6.45) is 5.38. The van der Waals surface area contributed by atoms with Crippen LogP contribution in [0.4, 0.5) is 4.39 Å². The standard InChI is InChI=1S/C17H21NO3.C15H13FO2/c1-18-8-7-17-6-5-12(19)9-14(17)21-16-13(20-2)4-3-11(10-18)15(16)17;1-10(15(17)18)12-7-8-13(14(16)9-12)11-5-3-2-4-6-11/h3-6,12,14,19H,7-10H2,1-2H3;2-10H,1H3,(H,17,18)/t12-,14-,17-;10-/m01/s1. The molecule has 2 heterocycles. The molecule has 0 aromatic heterocycles. The minimum Gasteiger partial charge on any atom is -0.493 e. The molecule has 4 atom stereocenters. The maximum atomic E-state index is 14.0. The van der Waals surface area contributed by atoms with Crippen molar-refractivity contribution >= 4 is 5.97 Å². The van der Waals surface area contributed by atoms with Crippen molar-refractivity contribution in [2.24, 2.45) is 0 Å². The number of hydrogen-bond acceptors (Lipinski definition) is 5. The van der Waals surface area contributed by atoms with Crippen LogP contribution in [0.15, 0.2) is 72.8 Å². The summed E-state index contributed by atoms with van der Waals surface area (Å²) in [5.41, 5.74) is 4.22. The molecule has 2 N–H and O–H groups in total. The van der Waals surface area contributed by atoms with Crippen LogP contribution >= 0.6 is 0 Å². The first kappa shape index (κ1) is 26.9. The number of aliphatic hydroxyl groups is 1. The van der Waals surface area contributed by atoms with E-state index in [1.165, 1.54) is 17.2 Å². The van der Waals surface area contributed by atoms with Crippen molar-refractivity contribution in [3.05, 3.63) is 95.3 Å². The Balaban J connectivity index is 0.000000160. The van der Waals surface area contributed by atoms with Gasteiger partial charge in [0, 0.05) is 24.1 Å². The number of carboxylic acid groups (broad SMARTS) is 1. The maximum absolute atomic E-state index is 14.0. The molecule has 3 aromatic rings. The smallest absolute Gasteiger partial charge is 0.310 e. The molecule has 0 radical (unpaired) electrons. The van der Waals surface area contributed by atoms with E-state index in [-0.39, 0.29) is 11.5 Å². The Bertz CT molecular complexity index is 1390.